The summed E-state index contributed by atoms with van der Waals surface area (Å²) in [4.78, 5) is 8.78. The molecule has 4 heteroatoms. The van der Waals surface area contributed by atoms with Gasteiger partial charge in [-0.1, -0.05) is 30.3 Å². The van der Waals surface area contributed by atoms with Crippen LogP contribution in [0.4, 0.5) is 5.82 Å². The van der Waals surface area contributed by atoms with Crippen molar-refractivity contribution >= 4 is 5.82 Å². The Morgan fingerprint density at radius 3 is 2.57 bits per heavy atom. The van der Waals surface area contributed by atoms with Gasteiger partial charge in [0, 0.05) is 6.54 Å². The van der Waals surface area contributed by atoms with Crippen molar-refractivity contribution in [2.75, 3.05) is 18.5 Å². The molecular formula is C17H23N3O. The van der Waals surface area contributed by atoms with Crippen LogP contribution in [0, 0.1) is 13.8 Å². The average molecular weight is 285 g/mol. The zero-order valence-corrected chi connectivity index (χ0v) is 13.0. The zero-order chi connectivity index (χ0) is 15.1. The molecule has 4 nitrogen and oxygen atoms in total. The molecule has 0 fully saturated rings. The number of hydrogen-bond donors (Lipinski definition) is 1. The number of nitrogens with one attached hydrogen (secondary N) is 1. The van der Waals surface area contributed by atoms with Crippen LogP contribution in [0.2, 0.25) is 0 Å². The smallest absolute Gasteiger partial charge is 0.221 e. The van der Waals surface area contributed by atoms with Crippen LogP contribution in [-0.2, 0) is 6.42 Å². The number of anilines is 1. The van der Waals surface area contributed by atoms with Gasteiger partial charge in [-0.15, -0.1) is 0 Å². The van der Waals surface area contributed by atoms with E-state index in [1.54, 1.807) is 0 Å². The Morgan fingerprint density at radius 2 is 1.86 bits per heavy atom. The Morgan fingerprint density at radius 1 is 1.10 bits per heavy atom. The first-order valence-corrected chi connectivity index (χ1v) is 7.46. The van der Waals surface area contributed by atoms with E-state index in [2.05, 4.69) is 46.5 Å². The van der Waals surface area contributed by atoms with Crippen LogP contribution in [0.25, 0.3) is 0 Å². The lowest BCUT2D eigenvalue weighted by atomic mass is 10.1. The molecule has 0 spiro atoms. The van der Waals surface area contributed by atoms with Gasteiger partial charge < -0.3 is 10.1 Å². The molecular weight excluding hydrogens is 262 g/mol. The van der Waals surface area contributed by atoms with Crippen molar-refractivity contribution in [1.29, 1.82) is 0 Å². The van der Waals surface area contributed by atoms with Crippen LogP contribution < -0.4 is 10.1 Å². The van der Waals surface area contributed by atoms with Gasteiger partial charge in [-0.05, 0) is 39.2 Å². The SMILES string of the molecule is CCNc1nc(C)nc(OCCCc2ccccc2)c1C. The highest BCUT2D eigenvalue weighted by Crippen LogP contribution is 2.22. The van der Waals surface area contributed by atoms with E-state index in [-0.39, 0.29) is 0 Å². The maximum absolute atomic E-state index is 5.84. The molecule has 0 atom stereocenters. The standard InChI is InChI=1S/C17H23N3O/c1-4-18-16-13(2)17(20-14(3)19-16)21-12-8-11-15-9-6-5-7-10-15/h5-7,9-10H,4,8,11-12H2,1-3H3,(H,18,19,20). The van der Waals surface area contributed by atoms with Gasteiger partial charge in [-0.2, -0.15) is 4.98 Å². The normalized spacial score (nSPS) is 10.4. The molecule has 0 saturated carbocycles. The molecule has 1 N–H and O–H groups in total. The molecule has 0 unspecified atom stereocenters. The Kier molecular flexibility index (Phi) is 5.55. The molecule has 112 valence electrons. The van der Waals surface area contributed by atoms with Crippen molar-refractivity contribution < 1.29 is 4.74 Å². The third-order valence-corrected chi connectivity index (χ3v) is 3.25. The fourth-order valence-electron chi connectivity index (χ4n) is 2.17. The van der Waals surface area contributed by atoms with Crippen molar-refractivity contribution in [2.45, 2.75) is 33.6 Å². The summed E-state index contributed by atoms with van der Waals surface area (Å²) in [6, 6.07) is 10.5. The lowest BCUT2D eigenvalue weighted by molar-refractivity contribution is 0.296. The number of aryl methyl sites for hydroxylation is 2. The van der Waals surface area contributed by atoms with E-state index >= 15 is 0 Å². The molecule has 1 aromatic heterocycles. The van der Waals surface area contributed by atoms with Gasteiger partial charge in [0.25, 0.3) is 0 Å². The summed E-state index contributed by atoms with van der Waals surface area (Å²) in [7, 11) is 0. The van der Waals surface area contributed by atoms with Crippen LogP contribution in [0.5, 0.6) is 5.88 Å². The quantitative estimate of drug-likeness (QED) is 0.790. The fourth-order valence-corrected chi connectivity index (χ4v) is 2.17. The Balaban J connectivity index is 1.91. The monoisotopic (exact) mass is 285 g/mol. The maximum atomic E-state index is 5.84. The lowest BCUT2D eigenvalue weighted by Crippen LogP contribution is -2.08. The van der Waals surface area contributed by atoms with Gasteiger partial charge in [-0.25, -0.2) is 4.98 Å². The number of hydrogen-bond acceptors (Lipinski definition) is 4. The molecule has 1 heterocycles. The summed E-state index contributed by atoms with van der Waals surface area (Å²) in [5, 5.41) is 3.24. The molecule has 0 aliphatic rings. The second-order valence-electron chi connectivity index (χ2n) is 5.02. The van der Waals surface area contributed by atoms with Gasteiger partial charge in [-0.3, -0.25) is 0 Å². The second-order valence-corrected chi connectivity index (χ2v) is 5.02. The van der Waals surface area contributed by atoms with Crippen LogP contribution in [0.15, 0.2) is 30.3 Å². The predicted molar refractivity (Wildman–Crippen MR) is 85.9 cm³/mol. The molecule has 0 bridgehead atoms. The largest absolute Gasteiger partial charge is 0.477 e. The fraction of sp³-hybridized carbons (Fsp3) is 0.412. The Bertz CT molecular complexity index is 570. The third-order valence-electron chi connectivity index (χ3n) is 3.25. The number of benzene rings is 1. The van der Waals surface area contributed by atoms with Gasteiger partial charge >= 0.3 is 0 Å². The van der Waals surface area contributed by atoms with E-state index in [4.69, 9.17) is 4.74 Å². The summed E-state index contributed by atoms with van der Waals surface area (Å²) in [5.41, 5.74) is 2.31. The van der Waals surface area contributed by atoms with Crippen LogP contribution >= 0.6 is 0 Å². The minimum atomic E-state index is 0.664. The number of nitrogens with zero attached hydrogens (tertiary/aromatic N) is 2. The first-order valence-electron chi connectivity index (χ1n) is 7.46. The molecule has 2 aromatic rings. The van der Waals surface area contributed by atoms with E-state index in [0.29, 0.717) is 12.5 Å². The highest BCUT2D eigenvalue weighted by molar-refractivity contribution is 5.48. The minimum absolute atomic E-state index is 0.664. The maximum Gasteiger partial charge on any atom is 0.221 e. The number of ether oxygens (including phenoxy) is 1. The topological polar surface area (TPSA) is 47.0 Å². The summed E-state index contributed by atoms with van der Waals surface area (Å²) >= 11 is 0. The highest BCUT2D eigenvalue weighted by atomic mass is 16.5. The predicted octanol–water partition coefficient (Wildman–Crippen LogP) is 3.54. The third kappa shape index (κ3) is 4.45. The number of aromatic nitrogens is 2. The van der Waals surface area contributed by atoms with Crippen molar-refractivity contribution in [1.82, 2.24) is 9.97 Å². The molecule has 2 rings (SSSR count). The molecule has 0 saturated heterocycles. The molecule has 1 aromatic carbocycles. The first kappa shape index (κ1) is 15.3. The van der Waals surface area contributed by atoms with E-state index in [1.807, 2.05) is 19.9 Å². The van der Waals surface area contributed by atoms with Crippen molar-refractivity contribution in [3.05, 3.63) is 47.3 Å². The van der Waals surface area contributed by atoms with Gasteiger partial charge in [0.15, 0.2) is 0 Å². The summed E-state index contributed by atoms with van der Waals surface area (Å²) in [6.45, 7) is 7.43. The van der Waals surface area contributed by atoms with Crippen molar-refractivity contribution in [2.24, 2.45) is 0 Å². The van der Waals surface area contributed by atoms with Gasteiger partial charge in [0.2, 0.25) is 5.88 Å². The minimum Gasteiger partial charge on any atom is -0.477 e. The summed E-state index contributed by atoms with van der Waals surface area (Å²) in [6.07, 6.45) is 1.99. The van der Waals surface area contributed by atoms with Gasteiger partial charge in [0.1, 0.15) is 11.6 Å². The molecule has 21 heavy (non-hydrogen) atoms. The van der Waals surface area contributed by atoms with E-state index < -0.39 is 0 Å². The molecule has 0 aliphatic carbocycles. The van der Waals surface area contributed by atoms with E-state index in [0.717, 1.165) is 36.6 Å². The second kappa shape index (κ2) is 7.62. The van der Waals surface area contributed by atoms with Crippen LogP contribution in [-0.4, -0.2) is 23.1 Å². The van der Waals surface area contributed by atoms with E-state index in [1.165, 1.54) is 5.56 Å². The Hall–Kier alpha value is -2.10. The molecule has 0 radical (unpaired) electrons. The van der Waals surface area contributed by atoms with E-state index in [9.17, 15) is 0 Å². The number of rotatable bonds is 7. The average Bonchev–Trinajstić information content (AvgIpc) is 2.49. The van der Waals surface area contributed by atoms with Crippen molar-refractivity contribution in [3.63, 3.8) is 0 Å². The summed E-state index contributed by atoms with van der Waals surface area (Å²) < 4.78 is 5.84. The first-order chi connectivity index (χ1) is 10.2. The van der Waals surface area contributed by atoms with Crippen molar-refractivity contribution in [3.8, 4) is 5.88 Å². The molecule has 0 aliphatic heterocycles. The Labute approximate surface area is 126 Å². The summed E-state index contributed by atoms with van der Waals surface area (Å²) in [5.74, 6) is 2.28. The molecule has 0 amide bonds. The van der Waals surface area contributed by atoms with Gasteiger partial charge in [0.05, 0.1) is 12.2 Å². The van der Waals surface area contributed by atoms with Crippen LogP contribution in [0.3, 0.4) is 0 Å². The lowest BCUT2D eigenvalue weighted by Gasteiger charge is -2.12. The highest BCUT2D eigenvalue weighted by Gasteiger charge is 2.09. The van der Waals surface area contributed by atoms with Crippen LogP contribution in [0.1, 0.15) is 30.3 Å². The zero-order valence-electron chi connectivity index (χ0n) is 13.0.